The molecule has 0 saturated carbocycles. The number of rotatable bonds is 7. The molecule has 7 heteroatoms. The molecule has 0 spiro atoms. The molecule has 2 saturated heterocycles. The van der Waals surface area contributed by atoms with E-state index < -0.39 is 0 Å². The zero-order valence-electron chi connectivity index (χ0n) is 18.0. The number of nitrogens with one attached hydrogen (secondary N) is 2. The highest BCUT2D eigenvalue weighted by atomic mass is 32.1. The van der Waals surface area contributed by atoms with Gasteiger partial charge in [0.15, 0.2) is 11.1 Å². The Labute approximate surface area is 184 Å². The average Bonchev–Trinajstić information content (AvgIpc) is 3.47. The van der Waals surface area contributed by atoms with Crippen LogP contribution in [-0.4, -0.2) is 61.7 Å². The van der Waals surface area contributed by atoms with Crippen LogP contribution in [0.4, 0.5) is 5.13 Å². The van der Waals surface area contributed by atoms with Gasteiger partial charge in [0.2, 0.25) is 0 Å². The van der Waals surface area contributed by atoms with Gasteiger partial charge in [-0.05, 0) is 31.2 Å². The SMILES string of the molecule is CN=C(NCCc1csc(N2CCCC2)n1)NC1CCN(Cc2ccccc2)CC1. The first-order valence-corrected chi connectivity index (χ1v) is 12.1. The van der Waals surface area contributed by atoms with Crippen molar-refractivity contribution >= 4 is 22.4 Å². The summed E-state index contributed by atoms with van der Waals surface area (Å²) in [5, 5.41) is 10.5. The number of aliphatic imine (C=N–C) groups is 1. The molecule has 3 heterocycles. The predicted molar refractivity (Wildman–Crippen MR) is 127 cm³/mol. The molecule has 162 valence electrons. The molecule has 0 radical (unpaired) electrons. The first-order chi connectivity index (χ1) is 14.8. The number of nitrogens with zero attached hydrogens (tertiary/aromatic N) is 4. The van der Waals surface area contributed by atoms with Crippen LogP contribution in [0.1, 0.15) is 36.9 Å². The Hall–Kier alpha value is -2.12. The zero-order valence-corrected chi connectivity index (χ0v) is 18.8. The number of aromatic nitrogens is 1. The molecular weight excluding hydrogens is 392 g/mol. The normalized spacial score (nSPS) is 18.7. The maximum atomic E-state index is 4.81. The van der Waals surface area contributed by atoms with Gasteiger partial charge in [-0.25, -0.2) is 4.98 Å². The minimum Gasteiger partial charge on any atom is -0.356 e. The monoisotopic (exact) mass is 426 g/mol. The number of thiazole rings is 1. The highest BCUT2D eigenvalue weighted by molar-refractivity contribution is 7.13. The second-order valence-corrected chi connectivity index (χ2v) is 9.08. The second kappa shape index (κ2) is 10.8. The van der Waals surface area contributed by atoms with Crippen LogP contribution in [0, 0.1) is 0 Å². The van der Waals surface area contributed by atoms with E-state index in [4.69, 9.17) is 4.98 Å². The van der Waals surface area contributed by atoms with Crippen molar-refractivity contribution in [3.63, 3.8) is 0 Å². The lowest BCUT2D eigenvalue weighted by Crippen LogP contribution is -2.48. The third-order valence-corrected chi connectivity index (χ3v) is 6.94. The van der Waals surface area contributed by atoms with Crippen LogP contribution in [0.25, 0.3) is 0 Å². The van der Waals surface area contributed by atoms with Gasteiger partial charge in [-0.1, -0.05) is 30.3 Å². The van der Waals surface area contributed by atoms with Crippen molar-refractivity contribution in [2.75, 3.05) is 44.7 Å². The summed E-state index contributed by atoms with van der Waals surface area (Å²) in [6.45, 7) is 6.48. The predicted octanol–water partition coefficient (Wildman–Crippen LogP) is 3.12. The van der Waals surface area contributed by atoms with E-state index in [9.17, 15) is 0 Å². The largest absolute Gasteiger partial charge is 0.356 e. The zero-order chi connectivity index (χ0) is 20.6. The highest BCUT2D eigenvalue weighted by Gasteiger charge is 2.20. The van der Waals surface area contributed by atoms with Crippen molar-refractivity contribution in [1.29, 1.82) is 0 Å². The van der Waals surface area contributed by atoms with E-state index in [2.05, 4.69) is 61.1 Å². The summed E-state index contributed by atoms with van der Waals surface area (Å²) in [4.78, 5) is 14.2. The standard InChI is InChI=1S/C23H34N6S/c1-24-22(25-12-9-21-18-30-23(27-21)29-13-5-6-14-29)26-20-10-15-28(16-11-20)17-19-7-3-2-4-8-19/h2-4,7-8,18,20H,5-6,9-17H2,1H3,(H2,24,25,26). The Morgan fingerprint density at radius 3 is 2.63 bits per heavy atom. The number of hydrogen-bond acceptors (Lipinski definition) is 5. The number of anilines is 1. The summed E-state index contributed by atoms with van der Waals surface area (Å²) in [6.07, 6.45) is 5.82. The van der Waals surface area contributed by atoms with Crippen LogP contribution < -0.4 is 15.5 Å². The van der Waals surface area contributed by atoms with Crippen molar-refractivity contribution in [3.05, 3.63) is 47.0 Å². The molecule has 6 nitrogen and oxygen atoms in total. The quantitative estimate of drug-likeness (QED) is 0.526. The fourth-order valence-corrected chi connectivity index (χ4v) is 5.15. The smallest absolute Gasteiger partial charge is 0.191 e. The number of hydrogen-bond donors (Lipinski definition) is 2. The summed E-state index contributed by atoms with van der Waals surface area (Å²) in [7, 11) is 1.86. The molecule has 0 aliphatic carbocycles. The Morgan fingerprint density at radius 1 is 1.13 bits per heavy atom. The molecule has 1 aromatic carbocycles. The summed E-state index contributed by atoms with van der Waals surface area (Å²) >= 11 is 1.78. The fraction of sp³-hybridized carbons (Fsp3) is 0.565. The molecule has 2 N–H and O–H groups in total. The van der Waals surface area contributed by atoms with Crippen molar-refractivity contribution in [3.8, 4) is 0 Å². The molecule has 4 rings (SSSR count). The molecule has 2 aliphatic heterocycles. The number of guanidine groups is 1. The number of likely N-dealkylation sites (tertiary alicyclic amines) is 1. The average molecular weight is 427 g/mol. The van der Waals surface area contributed by atoms with Crippen LogP contribution in [0.2, 0.25) is 0 Å². The molecule has 2 aliphatic rings. The molecule has 0 amide bonds. The molecular formula is C23H34N6S. The van der Waals surface area contributed by atoms with Gasteiger partial charge in [-0.15, -0.1) is 11.3 Å². The van der Waals surface area contributed by atoms with Crippen LogP contribution in [0.5, 0.6) is 0 Å². The van der Waals surface area contributed by atoms with Crippen molar-refractivity contribution in [1.82, 2.24) is 20.5 Å². The topological polar surface area (TPSA) is 55.8 Å². The van der Waals surface area contributed by atoms with Gasteiger partial charge in [0, 0.05) is 64.2 Å². The summed E-state index contributed by atoms with van der Waals surface area (Å²) < 4.78 is 0. The Bertz CT molecular complexity index is 791. The summed E-state index contributed by atoms with van der Waals surface area (Å²) in [5.74, 6) is 0.909. The number of piperidine rings is 1. The molecule has 30 heavy (non-hydrogen) atoms. The third kappa shape index (κ3) is 5.95. The van der Waals surface area contributed by atoms with Gasteiger partial charge in [0.05, 0.1) is 5.69 Å². The van der Waals surface area contributed by atoms with Gasteiger partial charge >= 0.3 is 0 Å². The first kappa shape index (κ1) is 21.1. The highest BCUT2D eigenvalue weighted by Crippen LogP contribution is 2.24. The fourth-order valence-electron chi connectivity index (χ4n) is 4.24. The van der Waals surface area contributed by atoms with Crippen LogP contribution in [0.3, 0.4) is 0 Å². The minimum absolute atomic E-state index is 0.490. The lowest BCUT2D eigenvalue weighted by atomic mass is 10.0. The first-order valence-electron chi connectivity index (χ1n) is 11.2. The van der Waals surface area contributed by atoms with Crippen LogP contribution in [-0.2, 0) is 13.0 Å². The van der Waals surface area contributed by atoms with Gasteiger partial charge in [0.1, 0.15) is 0 Å². The van der Waals surface area contributed by atoms with Gasteiger partial charge < -0.3 is 15.5 Å². The Morgan fingerprint density at radius 2 is 1.90 bits per heavy atom. The van der Waals surface area contributed by atoms with Crippen molar-refractivity contribution < 1.29 is 0 Å². The van der Waals surface area contributed by atoms with Gasteiger partial charge in [0.25, 0.3) is 0 Å². The Kier molecular flexibility index (Phi) is 7.59. The molecule has 2 aromatic rings. The van der Waals surface area contributed by atoms with Gasteiger partial charge in [-0.2, -0.15) is 0 Å². The molecule has 0 unspecified atom stereocenters. The van der Waals surface area contributed by atoms with E-state index in [-0.39, 0.29) is 0 Å². The van der Waals surface area contributed by atoms with Crippen molar-refractivity contribution in [2.45, 2.75) is 44.7 Å². The third-order valence-electron chi connectivity index (χ3n) is 5.99. The van der Waals surface area contributed by atoms with Crippen LogP contribution in [0.15, 0.2) is 40.7 Å². The van der Waals surface area contributed by atoms with E-state index in [1.54, 1.807) is 11.3 Å². The van der Waals surface area contributed by atoms with Gasteiger partial charge in [-0.3, -0.25) is 9.89 Å². The molecule has 0 bridgehead atoms. The van der Waals surface area contributed by atoms with E-state index in [1.807, 2.05) is 7.05 Å². The Balaban J connectivity index is 1.16. The number of benzene rings is 1. The minimum atomic E-state index is 0.490. The van der Waals surface area contributed by atoms with Crippen LogP contribution >= 0.6 is 11.3 Å². The lowest BCUT2D eigenvalue weighted by molar-refractivity contribution is 0.198. The molecule has 0 atom stereocenters. The maximum absolute atomic E-state index is 4.81. The van der Waals surface area contributed by atoms with E-state index in [0.29, 0.717) is 6.04 Å². The lowest BCUT2D eigenvalue weighted by Gasteiger charge is -2.33. The summed E-state index contributed by atoms with van der Waals surface area (Å²) in [5.41, 5.74) is 2.58. The van der Waals surface area contributed by atoms with E-state index in [0.717, 1.165) is 64.5 Å². The van der Waals surface area contributed by atoms with Crippen molar-refractivity contribution in [2.24, 2.45) is 4.99 Å². The van der Waals surface area contributed by atoms with E-state index >= 15 is 0 Å². The van der Waals surface area contributed by atoms with E-state index in [1.165, 1.54) is 29.2 Å². The molecule has 2 fully saturated rings. The maximum Gasteiger partial charge on any atom is 0.191 e. The second-order valence-electron chi connectivity index (χ2n) is 8.24. The molecule has 1 aromatic heterocycles. The summed E-state index contributed by atoms with van der Waals surface area (Å²) in [6, 6.07) is 11.2.